The van der Waals surface area contributed by atoms with Crippen molar-refractivity contribution in [2.75, 3.05) is 12.3 Å². The van der Waals surface area contributed by atoms with Crippen molar-refractivity contribution in [3.8, 4) is 0 Å². The van der Waals surface area contributed by atoms with E-state index in [2.05, 4.69) is 23.8 Å². The minimum Gasteiger partial charge on any atom is -0.382 e. The van der Waals surface area contributed by atoms with E-state index in [0.29, 0.717) is 24.3 Å². The first-order valence-electron chi connectivity index (χ1n) is 7.14. The van der Waals surface area contributed by atoms with Gasteiger partial charge in [0.2, 0.25) is 5.91 Å². The fourth-order valence-corrected chi connectivity index (χ4v) is 2.76. The van der Waals surface area contributed by atoms with E-state index in [1.165, 1.54) is 12.8 Å². The van der Waals surface area contributed by atoms with Gasteiger partial charge in [-0.15, -0.1) is 0 Å². The second kappa shape index (κ2) is 6.08. The van der Waals surface area contributed by atoms with Crippen molar-refractivity contribution in [2.24, 2.45) is 5.92 Å². The molecule has 2 N–H and O–H groups in total. The van der Waals surface area contributed by atoms with Crippen LogP contribution in [0.1, 0.15) is 39.5 Å². The van der Waals surface area contributed by atoms with Gasteiger partial charge in [0.1, 0.15) is 12.4 Å². The topological polar surface area (TPSA) is 64.2 Å². The maximum atomic E-state index is 12.5. The Labute approximate surface area is 114 Å². The molecule has 2 rings (SSSR count). The number of nitrogen functional groups attached to an aromatic ring is 1. The lowest BCUT2D eigenvalue weighted by Crippen LogP contribution is -2.43. The fraction of sp³-hybridized carbons (Fsp3) is 0.714. The summed E-state index contributed by atoms with van der Waals surface area (Å²) in [5.74, 6) is 1.11. The minimum atomic E-state index is 0.156. The molecule has 0 aliphatic heterocycles. The number of rotatable bonds is 5. The highest BCUT2D eigenvalue weighted by Crippen LogP contribution is 2.24. The molecular formula is C14H24N4O. The number of amides is 1. The number of aromatic nitrogens is 2. The normalized spacial score (nSPS) is 16.2. The van der Waals surface area contributed by atoms with Crippen molar-refractivity contribution in [3.63, 3.8) is 0 Å². The Bertz CT molecular complexity index is 421. The van der Waals surface area contributed by atoms with Gasteiger partial charge >= 0.3 is 0 Å². The standard InChI is InChI=1S/C14H24N4O/c1-11(2)9-18(12-5-3-4-6-12)14(19)10-17-8-7-13(15)16-17/h7-8,11-12H,3-6,9-10H2,1-2H3,(H2,15,16). The number of nitrogens with zero attached hydrogens (tertiary/aromatic N) is 3. The van der Waals surface area contributed by atoms with E-state index in [9.17, 15) is 4.79 Å². The highest BCUT2D eigenvalue weighted by Gasteiger charge is 2.27. The van der Waals surface area contributed by atoms with E-state index in [-0.39, 0.29) is 5.91 Å². The van der Waals surface area contributed by atoms with E-state index in [0.717, 1.165) is 19.4 Å². The van der Waals surface area contributed by atoms with Crippen molar-refractivity contribution < 1.29 is 4.79 Å². The quantitative estimate of drug-likeness (QED) is 0.883. The summed E-state index contributed by atoms with van der Waals surface area (Å²) in [6.07, 6.45) is 6.51. The Morgan fingerprint density at radius 1 is 1.53 bits per heavy atom. The Morgan fingerprint density at radius 3 is 2.74 bits per heavy atom. The van der Waals surface area contributed by atoms with Gasteiger partial charge in [0, 0.05) is 18.8 Å². The van der Waals surface area contributed by atoms with Crippen LogP contribution in [-0.4, -0.2) is 33.2 Å². The summed E-state index contributed by atoms with van der Waals surface area (Å²) >= 11 is 0. The largest absolute Gasteiger partial charge is 0.382 e. The van der Waals surface area contributed by atoms with Crippen LogP contribution >= 0.6 is 0 Å². The SMILES string of the molecule is CC(C)CN(C(=O)Cn1ccc(N)n1)C1CCCC1. The predicted molar refractivity (Wildman–Crippen MR) is 75.4 cm³/mol. The lowest BCUT2D eigenvalue weighted by atomic mass is 10.1. The van der Waals surface area contributed by atoms with Crippen LogP contribution < -0.4 is 5.73 Å². The zero-order chi connectivity index (χ0) is 13.8. The number of carbonyl (C=O) groups excluding carboxylic acids is 1. The van der Waals surface area contributed by atoms with Crippen LogP contribution in [0.5, 0.6) is 0 Å². The maximum Gasteiger partial charge on any atom is 0.244 e. The molecule has 1 aliphatic rings. The van der Waals surface area contributed by atoms with Crippen LogP contribution in [0.3, 0.4) is 0 Å². The molecule has 1 aromatic rings. The summed E-state index contributed by atoms with van der Waals surface area (Å²) < 4.78 is 1.62. The highest BCUT2D eigenvalue weighted by molar-refractivity contribution is 5.76. The molecule has 1 saturated carbocycles. The number of hydrogen-bond acceptors (Lipinski definition) is 3. The fourth-order valence-electron chi connectivity index (χ4n) is 2.76. The zero-order valence-corrected chi connectivity index (χ0v) is 11.9. The molecule has 0 bridgehead atoms. The molecule has 0 radical (unpaired) electrons. The van der Waals surface area contributed by atoms with Gasteiger partial charge in [-0.1, -0.05) is 26.7 Å². The third-order valence-electron chi connectivity index (χ3n) is 3.61. The third kappa shape index (κ3) is 3.72. The average molecular weight is 264 g/mol. The molecule has 5 nitrogen and oxygen atoms in total. The van der Waals surface area contributed by atoms with E-state index >= 15 is 0 Å². The number of anilines is 1. The summed E-state index contributed by atoms with van der Waals surface area (Å²) in [6.45, 7) is 5.43. The summed E-state index contributed by atoms with van der Waals surface area (Å²) in [7, 11) is 0. The summed E-state index contributed by atoms with van der Waals surface area (Å²) in [5, 5.41) is 4.09. The molecule has 0 aromatic carbocycles. The van der Waals surface area contributed by atoms with Crippen LogP contribution in [0.2, 0.25) is 0 Å². The van der Waals surface area contributed by atoms with Crippen molar-refractivity contribution >= 4 is 11.7 Å². The second-order valence-corrected chi connectivity index (χ2v) is 5.82. The molecule has 0 atom stereocenters. The van der Waals surface area contributed by atoms with Crippen LogP contribution in [0.25, 0.3) is 0 Å². The predicted octanol–water partition coefficient (Wildman–Crippen LogP) is 1.89. The number of nitrogens with two attached hydrogens (primary N) is 1. The first-order chi connectivity index (χ1) is 9.06. The van der Waals surface area contributed by atoms with E-state index in [4.69, 9.17) is 5.73 Å². The lowest BCUT2D eigenvalue weighted by Gasteiger charge is -2.30. The molecule has 0 spiro atoms. The van der Waals surface area contributed by atoms with Crippen LogP contribution in [0.4, 0.5) is 5.82 Å². The van der Waals surface area contributed by atoms with Crippen LogP contribution in [0.15, 0.2) is 12.3 Å². The van der Waals surface area contributed by atoms with Gasteiger partial charge in [0.15, 0.2) is 0 Å². The van der Waals surface area contributed by atoms with Crippen LogP contribution in [-0.2, 0) is 11.3 Å². The van der Waals surface area contributed by atoms with Gasteiger partial charge < -0.3 is 10.6 Å². The minimum absolute atomic E-state index is 0.156. The molecule has 106 valence electrons. The molecule has 19 heavy (non-hydrogen) atoms. The summed E-state index contributed by atoms with van der Waals surface area (Å²) in [5.41, 5.74) is 5.58. The van der Waals surface area contributed by atoms with Crippen molar-refractivity contribution in [3.05, 3.63) is 12.3 Å². The zero-order valence-electron chi connectivity index (χ0n) is 11.9. The molecule has 1 heterocycles. The highest BCUT2D eigenvalue weighted by atomic mass is 16.2. The molecule has 5 heteroatoms. The maximum absolute atomic E-state index is 12.5. The number of hydrogen-bond donors (Lipinski definition) is 1. The summed E-state index contributed by atoms with van der Waals surface area (Å²) in [4.78, 5) is 14.5. The van der Waals surface area contributed by atoms with Gasteiger partial charge in [0.25, 0.3) is 0 Å². The van der Waals surface area contributed by atoms with Crippen molar-refractivity contribution in [1.82, 2.24) is 14.7 Å². The molecule has 0 saturated heterocycles. The molecule has 0 unspecified atom stereocenters. The van der Waals surface area contributed by atoms with Gasteiger partial charge in [-0.25, -0.2) is 0 Å². The average Bonchev–Trinajstić information content (AvgIpc) is 2.97. The lowest BCUT2D eigenvalue weighted by molar-refractivity contribution is -0.134. The molecule has 1 aliphatic carbocycles. The van der Waals surface area contributed by atoms with Crippen LogP contribution in [0, 0.1) is 5.92 Å². The van der Waals surface area contributed by atoms with E-state index in [1.54, 1.807) is 16.9 Å². The second-order valence-electron chi connectivity index (χ2n) is 5.82. The van der Waals surface area contributed by atoms with E-state index in [1.807, 2.05) is 0 Å². The molecule has 1 aromatic heterocycles. The Hall–Kier alpha value is -1.52. The van der Waals surface area contributed by atoms with E-state index < -0.39 is 0 Å². The van der Waals surface area contributed by atoms with Gasteiger partial charge in [-0.05, 0) is 24.8 Å². The number of carbonyl (C=O) groups is 1. The summed E-state index contributed by atoms with van der Waals surface area (Å²) in [6, 6.07) is 2.14. The Kier molecular flexibility index (Phi) is 4.45. The van der Waals surface area contributed by atoms with Gasteiger partial charge in [0.05, 0.1) is 0 Å². The first kappa shape index (κ1) is 13.9. The monoisotopic (exact) mass is 264 g/mol. The molecular weight excluding hydrogens is 240 g/mol. The Balaban J connectivity index is 2.02. The van der Waals surface area contributed by atoms with Crippen molar-refractivity contribution in [1.29, 1.82) is 0 Å². The third-order valence-corrected chi connectivity index (χ3v) is 3.61. The van der Waals surface area contributed by atoms with Gasteiger partial charge in [-0.3, -0.25) is 9.48 Å². The molecule has 1 fully saturated rings. The first-order valence-corrected chi connectivity index (χ1v) is 7.14. The van der Waals surface area contributed by atoms with Gasteiger partial charge in [-0.2, -0.15) is 5.10 Å². The Morgan fingerprint density at radius 2 is 2.21 bits per heavy atom. The van der Waals surface area contributed by atoms with Crippen molar-refractivity contribution in [2.45, 2.75) is 52.1 Å². The smallest absolute Gasteiger partial charge is 0.244 e. The molecule has 1 amide bonds.